The third-order valence-electron chi connectivity index (χ3n) is 3.70. The summed E-state index contributed by atoms with van der Waals surface area (Å²) in [5.74, 6) is -0.615. The van der Waals surface area contributed by atoms with Crippen LogP contribution < -0.4 is 0 Å². The fraction of sp³-hybridized carbons (Fsp3) is 0.375. The normalized spacial score (nSPS) is 18.0. The topological polar surface area (TPSA) is 55.8 Å². The SMILES string of the molecule is COC(=O)CC1CN(OC)C(C)=C1C(=O)c1ccccc1. The molecule has 112 valence electrons. The van der Waals surface area contributed by atoms with Gasteiger partial charge in [-0.3, -0.25) is 19.5 Å². The number of rotatable bonds is 5. The maximum absolute atomic E-state index is 12.7. The summed E-state index contributed by atoms with van der Waals surface area (Å²) in [7, 11) is 2.90. The lowest BCUT2D eigenvalue weighted by atomic mass is 9.90. The molecule has 2 rings (SSSR count). The van der Waals surface area contributed by atoms with Crippen molar-refractivity contribution in [3.05, 3.63) is 47.2 Å². The Kier molecular flexibility index (Phi) is 4.75. The summed E-state index contributed by atoms with van der Waals surface area (Å²) >= 11 is 0. The highest BCUT2D eigenvalue weighted by Gasteiger charge is 2.35. The number of hydrogen-bond acceptors (Lipinski definition) is 5. The van der Waals surface area contributed by atoms with E-state index in [0.717, 1.165) is 5.70 Å². The Morgan fingerprint density at radius 1 is 1.24 bits per heavy atom. The van der Waals surface area contributed by atoms with Gasteiger partial charge >= 0.3 is 5.97 Å². The van der Waals surface area contributed by atoms with Crippen molar-refractivity contribution in [3.63, 3.8) is 0 Å². The van der Waals surface area contributed by atoms with Crippen molar-refractivity contribution < 1.29 is 19.2 Å². The van der Waals surface area contributed by atoms with Gasteiger partial charge in [0, 0.05) is 22.8 Å². The van der Waals surface area contributed by atoms with Crippen LogP contribution in [0.3, 0.4) is 0 Å². The number of esters is 1. The Labute approximate surface area is 124 Å². The van der Waals surface area contributed by atoms with Gasteiger partial charge < -0.3 is 4.74 Å². The number of nitrogens with zero attached hydrogens (tertiary/aromatic N) is 1. The lowest BCUT2D eigenvalue weighted by Crippen LogP contribution is -2.22. The molecule has 0 fully saturated rings. The molecular weight excluding hydrogens is 270 g/mol. The molecule has 1 unspecified atom stereocenters. The fourth-order valence-corrected chi connectivity index (χ4v) is 2.62. The minimum atomic E-state index is -0.330. The van der Waals surface area contributed by atoms with Crippen LogP contribution in [-0.2, 0) is 14.4 Å². The highest BCUT2D eigenvalue weighted by Crippen LogP contribution is 2.33. The number of ketones is 1. The van der Waals surface area contributed by atoms with E-state index in [2.05, 4.69) is 0 Å². The number of hydroxylamine groups is 2. The molecule has 0 aromatic heterocycles. The average molecular weight is 289 g/mol. The first-order chi connectivity index (χ1) is 10.1. The molecule has 0 aliphatic carbocycles. The Morgan fingerprint density at radius 3 is 2.48 bits per heavy atom. The van der Waals surface area contributed by atoms with E-state index in [-0.39, 0.29) is 24.1 Å². The van der Waals surface area contributed by atoms with E-state index in [1.807, 2.05) is 25.1 Å². The lowest BCUT2D eigenvalue weighted by molar-refractivity contribution is -0.142. The molecule has 1 atom stereocenters. The van der Waals surface area contributed by atoms with Crippen LogP contribution in [0.25, 0.3) is 0 Å². The molecule has 0 amide bonds. The first kappa shape index (κ1) is 15.3. The second kappa shape index (κ2) is 6.54. The zero-order valence-corrected chi connectivity index (χ0v) is 12.5. The molecule has 0 spiro atoms. The molecule has 0 bridgehead atoms. The highest BCUT2D eigenvalue weighted by molar-refractivity contribution is 6.10. The third kappa shape index (κ3) is 3.13. The molecule has 0 saturated carbocycles. The number of methoxy groups -OCH3 is 1. The van der Waals surface area contributed by atoms with Crippen molar-refractivity contribution in [2.45, 2.75) is 13.3 Å². The maximum Gasteiger partial charge on any atom is 0.306 e. The monoisotopic (exact) mass is 289 g/mol. The second-order valence-corrected chi connectivity index (χ2v) is 4.92. The molecule has 5 heteroatoms. The third-order valence-corrected chi connectivity index (χ3v) is 3.70. The van der Waals surface area contributed by atoms with E-state index in [1.54, 1.807) is 24.3 Å². The molecule has 1 aromatic carbocycles. The lowest BCUT2D eigenvalue weighted by Gasteiger charge is -2.16. The van der Waals surface area contributed by atoms with Gasteiger partial charge in [0.15, 0.2) is 5.78 Å². The largest absolute Gasteiger partial charge is 0.469 e. The molecule has 0 saturated heterocycles. The van der Waals surface area contributed by atoms with Crippen LogP contribution in [0.15, 0.2) is 41.6 Å². The van der Waals surface area contributed by atoms with Crippen LogP contribution in [0.2, 0.25) is 0 Å². The molecule has 0 radical (unpaired) electrons. The maximum atomic E-state index is 12.7. The number of Topliss-reactive ketones (excluding diaryl/α,β-unsaturated/α-hetero) is 1. The Morgan fingerprint density at radius 2 is 1.90 bits per heavy atom. The molecule has 1 heterocycles. The average Bonchev–Trinajstić information content (AvgIpc) is 2.83. The number of ether oxygens (including phenoxy) is 1. The van der Waals surface area contributed by atoms with Crippen LogP contribution >= 0.6 is 0 Å². The van der Waals surface area contributed by atoms with Gasteiger partial charge in [0.1, 0.15) is 0 Å². The summed E-state index contributed by atoms with van der Waals surface area (Å²) in [6.45, 7) is 2.31. The van der Waals surface area contributed by atoms with Crippen molar-refractivity contribution >= 4 is 11.8 Å². The minimum absolute atomic E-state index is 0.0680. The standard InChI is InChI=1S/C16H19NO4/c1-11-15(16(19)12-7-5-4-6-8-12)13(9-14(18)20-2)10-17(11)21-3/h4-8,13H,9-10H2,1-3H3. The molecule has 1 aliphatic rings. The van der Waals surface area contributed by atoms with Gasteiger partial charge in [-0.2, -0.15) is 0 Å². The van der Waals surface area contributed by atoms with Gasteiger partial charge in [0.2, 0.25) is 0 Å². The fourth-order valence-electron chi connectivity index (χ4n) is 2.62. The van der Waals surface area contributed by atoms with Gasteiger partial charge in [0.25, 0.3) is 0 Å². The van der Waals surface area contributed by atoms with Crippen molar-refractivity contribution in [1.82, 2.24) is 5.06 Å². The summed E-state index contributed by atoms with van der Waals surface area (Å²) in [5.41, 5.74) is 1.98. The summed E-state index contributed by atoms with van der Waals surface area (Å²) in [6, 6.07) is 9.05. The molecular formula is C16H19NO4. The molecule has 5 nitrogen and oxygen atoms in total. The number of hydrogen-bond donors (Lipinski definition) is 0. The van der Waals surface area contributed by atoms with E-state index in [0.29, 0.717) is 17.7 Å². The van der Waals surface area contributed by atoms with Crippen LogP contribution in [0.5, 0.6) is 0 Å². The highest BCUT2D eigenvalue weighted by atomic mass is 16.7. The van der Waals surface area contributed by atoms with E-state index >= 15 is 0 Å². The first-order valence-electron chi connectivity index (χ1n) is 6.77. The molecule has 1 aromatic rings. The van der Waals surface area contributed by atoms with Gasteiger partial charge in [-0.25, -0.2) is 0 Å². The first-order valence-corrected chi connectivity index (χ1v) is 6.77. The Hall–Kier alpha value is -2.14. The van der Waals surface area contributed by atoms with E-state index < -0.39 is 0 Å². The summed E-state index contributed by atoms with van der Waals surface area (Å²) < 4.78 is 4.72. The number of carbonyl (C=O) groups excluding carboxylic acids is 2. The van der Waals surface area contributed by atoms with Crippen LogP contribution in [0, 0.1) is 5.92 Å². The molecule has 21 heavy (non-hydrogen) atoms. The number of carbonyl (C=O) groups is 2. The van der Waals surface area contributed by atoms with Gasteiger partial charge in [-0.05, 0) is 6.92 Å². The van der Waals surface area contributed by atoms with Crippen molar-refractivity contribution in [2.24, 2.45) is 5.92 Å². The van der Waals surface area contributed by atoms with E-state index in [1.165, 1.54) is 7.11 Å². The van der Waals surface area contributed by atoms with Crippen LogP contribution in [-0.4, -0.2) is 37.6 Å². The second-order valence-electron chi connectivity index (χ2n) is 4.92. The Bertz CT molecular complexity index is 565. The number of benzene rings is 1. The predicted molar refractivity (Wildman–Crippen MR) is 77.3 cm³/mol. The predicted octanol–water partition coefficient (Wildman–Crippen LogP) is 2.20. The van der Waals surface area contributed by atoms with E-state index in [4.69, 9.17) is 9.57 Å². The zero-order valence-electron chi connectivity index (χ0n) is 12.5. The smallest absolute Gasteiger partial charge is 0.306 e. The quantitative estimate of drug-likeness (QED) is 0.614. The summed E-state index contributed by atoms with van der Waals surface area (Å²) in [5, 5.41) is 1.64. The van der Waals surface area contributed by atoms with Crippen molar-refractivity contribution in [1.29, 1.82) is 0 Å². The van der Waals surface area contributed by atoms with Gasteiger partial charge in [-0.15, -0.1) is 0 Å². The van der Waals surface area contributed by atoms with Gasteiger partial charge in [-0.1, -0.05) is 30.3 Å². The number of allylic oxidation sites excluding steroid dienone is 1. The summed E-state index contributed by atoms with van der Waals surface area (Å²) in [6.07, 6.45) is 0.168. The molecule has 0 N–H and O–H groups in total. The van der Waals surface area contributed by atoms with Crippen LogP contribution in [0.1, 0.15) is 23.7 Å². The minimum Gasteiger partial charge on any atom is -0.469 e. The Balaban J connectivity index is 2.32. The van der Waals surface area contributed by atoms with Crippen molar-refractivity contribution in [3.8, 4) is 0 Å². The summed E-state index contributed by atoms with van der Waals surface area (Å²) in [4.78, 5) is 29.5. The van der Waals surface area contributed by atoms with Crippen LogP contribution in [0.4, 0.5) is 0 Å². The zero-order chi connectivity index (χ0) is 15.4. The van der Waals surface area contributed by atoms with E-state index in [9.17, 15) is 9.59 Å². The van der Waals surface area contributed by atoms with Gasteiger partial charge in [0.05, 0.1) is 27.2 Å². The molecule has 1 aliphatic heterocycles. The van der Waals surface area contributed by atoms with Crippen molar-refractivity contribution in [2.75, 3.05) is 20.8 Å².